The van der Waals surface area contributed by atoms with Crippen molar-refractivity contribution in [3.63, 3.8) is 0 Å². The highest BCUT2D eigenvalue weighted by Crippen LogP contribution is 2.36. The van der Waals surface area contributed by atoms with Gasteiger partial charge in [-0.3, -0.25) is 4.79 Å². The smallest absolute Gasteiger partial charge is 0.337 e. The predicted molar refractivity (Wildman–Crippen MR) is 110 cm³/mol. The number of carbonyl (C=O) groups excluding carboxylic acids is 2. The molecule has 2 heterocycles. The van der Waals surface area contributed by atoms with Crippen molar-refractivity contribution in [1.29, 1.82) is 0 Å². The average molecular weight is 393 g/mol. The molecule has 2 atom stereocenters. The summed E-state index contributed by atoms with van der Waals surface area (Å²) in [7, 11) is 2.97. The van der Waals surface area contributed by atoms with Crippen molar-refractivity contribution in [3.05, 3.63) is 11.3 Å². The summed E-state index contributed by atoms with van der Waals surface area (Å²) in [5.41, 5.74) is 1.23. The SMILES string of the molecule is CCCCCCCCCC(=O)C[C@H]1CC[C@H]2C(C(=O)OC)=C(C)N=C(OC)N12. The van der Waals surface area contributed by atoms with E-state index in [1.807, 2.05) is 11.8 Å². The zero-order valence-electron chi connectivity index (χ0n) is 18.0. The first kappa shape index (κ1) is 22.4. The maximum Gasteiger partial charge on any atom is 0.337 e. The van der Waals surface area contributed by atoms with Crippen molar-refractivity contribution in [2.24, 2.45) is 4.99 Å². The summed E-state index contributed by atoms with van der Waals surface area (Å²) in [5.74, 6) is -0.0537. The molecule has 2 rings (SSSR count). The largest absolute Gasteiger partial charge is 0.468 e. The number of allylic oxidation sites excluding steroid dienone is 1. The van der Waals surface area contributed by atoms with Gasteiger partial charge >= 0.3 is 5.97 Å². The molecule has 0 unspecified atom stereocenters. The van der Waals surface area contributed by atoms with Crippen LogP contribution in [0.15, 0.2) is 16.3 Å². The molecule has 0 aliphatic carbocycles. The van der Waals surface area contributed by atoms with Gasteiger partial charge in [-0.05, 0) is 26.2 Å². The first-order valence-corrected chi connectivity index (χ1v) is 10.7. The molecule has 2 aliphatic rings. The van der Waals surface area contributed by atoms with Gasteiger partial charge in [0, 0.05) is 18.9 Å². The lowest BCUT2D eigenvalue weighted by Crippen LogP contribution is -2.47. The van der Waals surface area contributed by atoms with Gasteiger partial charge < -0.3 is 14.4 Å². The lowest BCUT2D eigenvalue weighted by atomic mass is 10.0. The number of rotatable bonds is 11. The molecule has 0 amide bonds. The van der Waals surface area contributed by atoms with Gasteiger partial charge in [-0.25, -0.2) is 9.79 Å². The van der Waals surface area contributed by atoms with E-state index in [1.54, 1.807) is 7.11 Å². The van der Waals surface area contributed by atoms with Crippen molar-refractivity contribution in [3.8, 4) is 0 Å². The maximum absolute atomic E-state index is 12.5. The van der Waals surface area contributed by atoms with E-state index < -0.39 is 0 Å². The Morgan fingerprint density at radius 2 is 1.75 bits per heavy atom. The van der Waals surface area contributed by atoms with Gasteiger partial charge in [-0.15, -0.1) is 0 Å². The summed E-state index contributed by atoms with van der Waals surface area (Å²) in [6, 6.07) is 0.422. The Hall–Kier alpha value is -1.85. The van der Waals surface area contributed by atoms with Crippen LogP contribution in [-0.2, 0) is 19.1 Å². The third-order valence-corrected chi connectivity index (χ3v) is 5.82. The van der Waals surface area contributed by atoms with Crippen LogP contribution >= 0.6 is 0 Å². The lowest BCUT2D eigenvalue weighted by molar-refractivity contribution is -0.136. The van der Waals surface area contributed by atoms with Gasteiger partial charge in [-0.2, -0.15) is 0 Å². The zero-order chi connectivity index (χ0) is 20.5. The fraction of sp³-hybridized carbons (Fsp3) is 0.773. The molecule has 1 saturated heterocycles. The highest BCUT2D eigenvalue weighted by atomic mass is 16.5. The normalized spacial score (nSPS) is 21.4. The third-order valence-electron chi connectivity index (χ3n) is 5.82. The second-order valence-electron chi connectivity index (χ2n) is 7.86. The fourth-order valence-electron chi connectivity index (χ4n) is 4.35. The summed E-state index contributed by atoms with van der Waals surface area (Å²) in [4.78, 5) is 31.2. The molecule has 1 fully saturated rings. The number of fused-ring (bicyclic) bond motifs is 1. The average Bonchev–Trinajstić information content (AvgIpc) is 3.09. The zero-order valence-corrected chi connectivity index (χ0v) is 18.0. The summed E-state index contributed by atoms with van der Waals surface area (Å²) in [6.45, 7) is 4.03. The number of ether oxygens (including phenoxy) is 2. The minimum atomic E-state index is -0.346. The third kappa shape index (κ3) is 5.58. The van der Waals surface area contributed by atoms with Crippen molar-refractivity contribution < 1.29 is 19.1 Å². The maximum atomic E-state index is 12.5. The van der Waals surface area contributed by atoms with E-state index in [0.29, 0.717) is 35.9 Å². The Balaban J connectivity index is 1.88. The van der Waals surface area contributed by atoms with Crippen molar-refractivity contribution in [2.45, 2.75) is 96.6 Å². The standard InChI is InChI=1S/C22H36N2O4/c1-5-6-7-8-9-10-11-12-18(25)15-17-13-14-19-20(21(26)27-3)16(2)23-22(28-4)24(17)19/h17,19H,5-15H2,1-4H3/t17-,19+/m1/s1. The first-order valence-electron chi connectivity index (χ1n) is 10.7. The molecule has 0 radical (unpaired) electrons. The van der Waals surface area contributed by atoms with Crippen LogP contribution in [-0.4, -0.2) is 49.0 Å². The number of amidine groups is 1. The number of carbonyl (C=O) groups is 2. The molecular weight excluding hydrogens is 356 g/mol. The molecule has 0 aromatic carbocycles. The van der Waals surface area contributed by atoms with E-state index in [4.69, 9.17) is 9.47 Å². The fourth-order valence-corrected chi connectivity index (χ4v) is 4.35. The van der Waals surface area contributed by atoms with Crippen LogP contribution in [0.2, 0.25) is 0 Å². The van der Waals surface area contributed by atoms with Gasteiger partial charge in [0.25, 0.3) is 6.02 Å². The number of Topliss-reactive ketones (excluding diaryl/α,β-unsaturated/α-hetero) is 1. The second kappa shape index (κ2) is 11.2. The molecule has 0 aromatic heterocycles. The molecule has 0 saturated carbocycles. The van der Waals surface area contributed by atoms with Crippen LogP contribution in [0, 0.1) is 0 Å². The molecule has 0 N–H and O–H groups in total. The Bertz CT molecular complexity index is 612. The predicted octanol–water partition coefficient (Wildman–Crippen LogP) is 4.38. The Labute approximate surface area is 169 Å². The molecule has 0 spiro atoms. The number of ketones is 1. The summed E-state index contributed by atoms with van der Waals surface area (Å²) < 4.78 is 10.4. The van der Waals surface area contributed by atoms with Crippen LogP contribution < -0.4 is 0 Å². The molecule has 28 heavy (non-hydrogen) atoms. The highest BCUT2D eigenvalue weighted by Gasteiger charge is 2.44. The minimum absolute atomic E-state index is 0.0357. The molecule has 158 valence electrons. The molecular formula is C22H36N2O4. The molecule has 0 aromatic rings. The topological polar surface area (TPSA) is 68.2 Å². The highest BCUT2D eigenvalue weighted by molar-refractivity contribution is 5.94. The number of nitrogens with zero attached hydrogens (tertiary/aromatic N) is 2. The quantitative estimate of drug-likeness (QED) is 0.385. The number of hydrogen-bond donors (Lipinski definition) is 0. The Kier molecular flexibility index (Phi) is 9.00. The molecule has 2 aliphatic heterocycles. The van der Waals surface area contributed by atoms with Crippen LogP contribution in [0.5, 0.6) is 0 Å². The van der Waals surface area contributed by atoms with Crippen LogP contribution in [0.3, 0.4) is 0 Å². The first-order chi connectivity index (χ1) is 13.5. The summed E-state index contributed by atoms with van der Waals surface area (Å²) >= 11 is 0. The lowest BCUT2D eigenvalue weighted by Gasteiger charge is -2.35. The van der Waals surface area contributed by atoms with Gasteiger partial charge in [-0.1, -0.05) is 45.4 Å². The Morgan fingerprint density at radius 3 is 2.39 bits per heavy atom. The van der Waals surface area contributed by atoms with Gasteiger partial charge in [0.1, 0.15) is 5.78 Å². The van der Waals surface area contributed by atoms with E-state index in [2.05, 4.69) is 11.9 Å². The van der Waals surface area contributed by atoms with Crippen LogP contribution in [0.1, 0.15) is 84.5 Å². The van der Waals surface area contributed by atoms with Crippen LogP contribution in [0.25, 0.3) is 0 Å². The number of unbranched alkanes of at least 4 members (excludes halogenated alkanes) is 6. The van der Waals surface area contributed by atoms with E-state index in [-0.39, 0.29) is 18.1 Å². The number of hydrogen-bond acceptors (Lipinski definition) is 6. The Morgan fingerprint density at radius 1 is 1.07 bits per heavy atom. The molecule has 6 heteroatoms. The molecule has 0 bridgehead atoms. The van der Waals surface area contributed by atoms with Gasteiger partial charge in [0.15, 0.2) is 0 Å². The van der Waals surface area contributed by atoms with Crippen molar-refractivity contribution in [1.82, 2.24) is 4.90 Å². The van der Waals surface area contributed by atoms with Crippen molar-refractivity contribution >= 4 is 17.8 Å². The second-order valence-corrected chi connectivity index (χ2v) is 7.86. The summed E-state index contributed by atoms with van der Waals surface area (Å²) in [5, 5.41) is 0. The van der Waals surface area contributed by atoms with Gasteiger partial charge in [0.05, 0.1) is 31.5 Å². The van der Waals surface area contributed by atoms with E-state index >= 15 is 0 Å². The number of aliphatic imine (C=N–C) groups is 1. The number of esters is 1. The molecule has 6 nitrogen and oxygen atoms in total. The van der Waals surface area contributed by atoms with E-state index in [0.717, 1.165) is 25.7 Å². The minimum Gasteiger partial charge on any atom is -0.468 e. The van der Waals surface area contributed by atoms with Crippen LogP contribution in [0.4, 0.5) is 0 Å². The van der Waals surface area contributed by atoms with E-state index in [1.165, 1.54) is 39.2 Å². The van der Waals surface area contributed by atoms with Gasteiger partial charge in [0.2, 0.25) is 0 Å². The number of methoxy groups -OCH3 is 2. The monoisotopic (exact) mass is 392 g/mol. The van der Waals surface area contributed by atoms with E-state index in [9.17, 15) is 9.59 Å². The summed E-state index contributed by atoms with van der Waals surface area (Å²) in [6.07, 6.45) is 11.3. The van der Waals surface area contributed by atoms with Crippen molar-refractivity contribution in [2.75, 3.05) is 14.2 Å².